The molecule has 0 N–H and O–H groups in total. The van der Waals surface area contributed by atoms with Crippen LogP contribution in [-0.4, -0.2) is 25.9 Å². The van der Waals surface area contributed by atoms with Gasteiger partial charge < -0.3 is 9.30 Å². The number of ether oxygens (including phenoxy) is 1. The Balaban J connectivity index is 1.76. The van der Waals surface area contributed by atoms with Gasteiger partial charge in [0.1, 0.15) is 11.6 Å². The molecular formula is C20H24N4O. The molecule has 0 radical (unpaired) electrons. The van der Waals surface area contributed by atoms with E-state index < -0.39 is 0 Å². The fraction of sp³-hybridized carbons (Fsp3) is 0.400. The Morgan fingerprint density at radius 1 is 1.20 bits per heavy atom. The molecule has 1 aliphatic carbocycles. The second kappa shape index (κ2) is 6.39. The first-order valence-electron chi connectivity index (χ1n) is 8.95. The lowest BCUT2D eigenvalue weighted by Crippen LogP contribution is -2.05. The molecule has 2 aromatic heterocycles. The molecule has 5 heteroatoms. The number of aryl methyl sites for hydroxylation is 3. The quantitative estimate of drug-likeness (QED) is 0.716. The summed E-state index contributed by atoms with van der Waals surface area (Å²) >= 11 is 0. The van der Waals surface area contributed by atoms with Crippen molar-refractivity contribution in [1.82, 2.24) is 19.3 Å². The van der Waals surface area contributed by atoms with E-state index in [1.54, 1.807) is 0 Å². The lowest BCUT2D eigenvalue weighted by Gasteiger charge is -2.14. The van der Waals surface area contributed by atoms with Crippen LogP contribution in [0.15, 0.2) is 30.7 Å². The predicted molar refractivity (Wildman–Crippen MR) is 97.9 cm³/mol. The second-order valence-corrected chi connectivity index (χ2v) is 6.66. The molecule has 2 heterocycles. The van der Waals surface area contributed by atoms with E-state index in [1.807, 2.05) is 37.2 Å². The molecule has 0 saturated heterocycles. The Labute approximate surface area is 148 Å². The highest BCUT2D eigenvalue weighted by Crippen LogP contribution is 2.36. The Bertz CT molecular complexity index is 907. The van der Waals surface area contributed by atoms with E-state index in [-0.39, 0.29) is 0 Å². The van der Waals surface area contributed by atoms with Gasteiger partial charge in [0.2, 0.25) is 0 Å². The van der Waals surface area contributed by atoms with Crippen LogP contribution in [0.25, 0.3) is 11.4 Å². The maximum absolute atomic E-state index is 5.95. The molecular weight excluding hydrogens is 312 g/mol. The Hall–Kier alpha value is -2.56. The Morgan fingerprint density at radius 2 is 2.00 bits per heavy atom. The summed E-state index contributed by atoms with van der Waals surface area (Å²) in [6.07, 6.45) is 9.36. The van der Waals surface area contributed by atoms with Crippen LogP contribution in [0.1, 0.15) is 35.7 Å². The summed E-state index contributed by atoms with van der Waals surface area (Å²) in [5, 5.41) is 4.35. The van der Waals surface area contributed by atoms with Gasteiger partial charge in [0.25, 0.3) is 0 Å². The fourth-order valence-corrected chi connectivity index (χ4v) is 3.62. The molecule has 0 saturated carbocycles. The second-order valence-electron chi connectivity index (χ2n) is 6.66. The molecule has 1 aromatic carbocycles. The molecule has 5 nitrogen and oxygen atoms in total. The molecule has 3 aromatic rings. The number of rotatable bonds is 5. The third kappa shape index (κ3) is 2.84. The molecule has 4 rings (SSSR count). The summed E-state index contributed by atoms with van der Waals surface area (Å²) in [6, 6.07) is 4.50. The fourth-order valence-electron chi connectivity index (χ4n) is 3.62. The third-order valence-electron chi connectivity index (χ3n) is 5.13. The average molecular weight is 336 g/mol. The number of benzene rings is 1. The van der Waals surface area contributed by atoms with Crippen LogP contribution in [0.4, 0.5) is 0 Å². The lowest BCUT2D eigenvalue weighted by atomic mass is 10.0. The van der Waals surface area contributed by atoms with E-state index >= 15 is 0 Å². The lowest BCUT2D eigenvalue weighted by molar-refractivity contribution is 0.341. The summed E-state index contributed by atoms with van der Waals surface area (Å²) in [7, 11) is 1.97. The van der Waals surface area contributed by atoms with E-state index in [2.05, 4.69) is 33.7 Å². The van der Waals surface area contributed by atoms with Gasteiger partial charge in [-0.3, -0.25) is 4.68 Å². The van der Waals surface area contributed by atoms with Crippen LogP contribution in [0.3, 0.4) is 0 Å². The highest BCUT2D eigenvalue weighted by Gasteiger charge is 2.19. The van der Waals surface area contributed by atoms with E-state index in [0.717, 1.165) is 36.5 Å². The van der Waals surface area contributed by atoms with Crippen molar-refractivity contribution >= 4 is 0 Å². The summed E-state index contributed by atoms with van der Waals surface area (Å²) in [6.45, 7) is 5.55. The molecule has 0 bridgehead atoms. The molecule has 0 aliphatic heterocycles. The number of nitrogens with zero attached hydrogens (tertiary/aromatic N) is 4. The number of hydrogen-bond donors (Lipinski definition) is 0. The summed E-state index contributed by atoms with van der Waals surface area (Å²) in [5.41, 5.74) is 6.34. The third-order valence-corrected chi connectivity index (χ3v) is 5.13. The highest BCUT2D eigenvalue weighted by molar-refractivity contribution is 5.67. The predicted octanol–water partition coefficient (Wildman–Crippen LogP) is 3.53. The van der Waals surface area contributed by atoms with Gasteiger partial charge in [-0.25, -0.2) is 4.98 Å². The Morgan fingerprint density at radius 3 is 2.72 bits per heavy atom. The van der Waals surface area contributed by atoms with Gasteiger partial charge >= 0.3 is 0 Å². The standard InChI is InChI=1S/C20H24N4O/c1-4-25-19-11-16-7-5-6-15(16)10-18(19)20-21-8-9-24(20)13-17-12-22-23(3)14(17)2/h8-12H,4-7,13H2,1-3H3. The molecule has 0 fully saturated rings. The van der Waals surface area contributed by atoms with Crippen molar-refractivity contribution in [3.05, 3.63) is 53.1 Å². The van der Waals surface area contributed by atoms with E-state index in [0.29, 0.717) is 6.61 Å². The minimum Gasteiger partial charge on any atom is -0.493 e. The van der Waals surface area contributed by atoms with Crippen LogP contribution in [0.2, 0.25) is 0 Å². The summed E-state index contributed by atoms with van der Waals surface area (Å²) < 4.78 is 10.0. The molecule has 0 unspecified atom stereocenters. The van der Waals surface area contributed by atoms with Gasteiger partial charge in [-0.2, -0.15) is 5.10 Å². The van der Waals surface area contributed by atoms with Crippen molar-refractivity contribution in [3.8, 4) is 17.1 Å². The van der Waals surface area contributed by atoms with Crippen molar-refractivity contribution in [2.75, 3.05) is 6.61 Å². The number of imidazole rings is 1. The maximum Gasteiger partial charge on any atom is 0.143 e. The largest absolute Gasteiger partial charge is 0.493 e. The normalized spacial score (nSPS) is 13.2. The summed E-state index contributed by atoms with van der Waals surface area (Å²) in [5.74, 6) is 1.90. The highest BCUT2D eigenvalue weighted by atomic mass is 16.5. The minimum atomic E-state index is 0.661. The van der Waals surface area contributed by atoms with Crippen LogP contribution in [0.5, 0.6) is 5.75 Å². The van der Waals surface area contributed by atoms with Gasteiger partial charge in [0.05, 0.1) is 24.9 Å². The van der Waals surface area contributed by atoms with E-state index in [9.17, 15) is 0 Å². The summed E-state index contributed by atoms with van der Waals surface area (Å²) in [4.78, 5) is 4.64. The zero-order valence-corrected chi connectivity index (χ0v) is 15.1. The van der Waals surface area contributed by atoms with Crippen molar-refractivity contribution in [2.45, 2.75) is 39.7 Å². The van der Waals surface area contributed by atoms with Crippen molar-refractivity contribution < 1.29 is 4.74 Å². The number of hydrogen-bond acceptors (Lipinski definition) is 3. The van der Waals surface area contributed by atoms with Gasteiger partial charge in [-0.05, 0) is 56.4 Å². The number of fused-ring (bicyclic) bond motifs is 1. The van der Waals surface area contributed by atoms with Gasteiger partial charge in [0, 0.05) is 30.7 Å². The average Bonchev–Trinajstić information content (AvgIpc) is 3.31. The van der Waals surface area contributed by atoms with Crippen molar-refractivity contribution in [3.63, 3.8) is 0 Å². The monoisotopic (exact) mass is 336 g/mol. The molecule has 130 valence electrons. The Kier molecular flexibility index (Phi) is 4.07. The molecule has 0 spiro atoms. The smallest absolute Gasteiger partial charge is 0.143 e. The van der Waals surface area contributed by atoms with E-state index in [4.69, 9.17) is 4.74 Å². The maximum atomic E-state index is 5.95. The van der Waals surface area contributed by atoms with Crippen LogP contribution in [-0.2, 0) is 26.4 Å². The minimum absolute atomic E-state index is 0.661. The first-order chi connectivity index (χ1) is 12.2. The van der Waals surface area contributed by atoms with E-state index in [1.165, 1.54) is 28.8 Å². The molecule has 0 amide bonds. The zero-order chi connectivity index (χ0) is 17.4. The topological polar surface area (TPSA) is 44.9 Å². The van der Waals surface area contributed by atoms with Crippen LogP contribution in [0, 0.1) is 6.92 Å². The molecule has 1 aliphatic rings. The molecule has 25 heavy (non-hydrogen) atoms. The number of aromatic nitrogens is 4. The van der Waals surface area contributed by atoms with Crippen LogP contribution < -0.4 is 4.74 Å². The van der Waals surface area contributed by atoms with Gasteiger partial charge in [-0.15, -0.1) is 0 Å². The van der Waals surface area contributed by atoms with Gasteiger partial charge in [-0.1, -0.05) is 0 Å². The molecule has 0 atom stereocenters. The van der Waals surface area contributed by atoms with Crippen molar-refractivity contribution in [1.29, 1.82) is 0 Å². The first-order valence-corrected chi connectivity index (χ1v) is 8.95. The SMILES string of the molecule is CCOc1cc2c(cc1-c1nccn1Cc1cnn(C)c1C)CCC2. The first kappa shape index (κ1) is 15.9. The van der Waals surface area contributed by atoms with Crippen LogP contribution >= 0.6 is 0 Å². The van der Waals surface area contributed by atoms with Crippen molar-refractivity contribution in [2.24, 2.45) is 7.05 Å². The van der Waals surface area contributed by atoms with Gasteiger partial charge in [0.15, 0.2) is 0 Å². The zero-order valence-electron chi connectivity index (χ0n) is 15.1.